The van der Waals surface area contributed by atoms with Crippen LogP contribution in [0.1, 0.15) is 29.2 Å². The second-order valence-corrected chi connectivity index (χ2v) is 5.73. The van der Waals surface area contributed by atoms with Gasteiger partial charge in [0.05, 0.1) is 5.69 Å². The first-order chi connectivity index (χ1) is 9.49. The van der Waals surface area contributed by atoms with Crippen LogP contribution in [-0.2, 0) is 11.8 Å². The van der Waals surface area contributed by atoms with Crippen LogP contribution >= 0.6 is 23.2 Å². The highest BCUT2D eigenvalue weighted by Crippen LogP contribution is 2.43. The highest BCUT2D eigenvalue weighted by atomic mass is 35.5. The van der Waals surface area contributed by atoms with Crippen LogP contribution < -0.4 is 5.32 Å². The summed E-state index contributed by atoms with van der Waals surface area (Å²) in [6.45, 7) is 1.92. The van der Waals surface area contributed by atoms with Crippen LogP contribution in [0.3, 0.4) is 0 Å². The van der Waals surface area contributed by atoms with E-state index in [1.54, 1.807) is 22.9 Å². The Hall–Kier alpha value is -1.52. The zero-order valence-electron chi connectivity index (χ0n) is 11.1. The van der Waals surface area contributed by atoms with Crippen LogP contribution in [0.25, 0.3) is 0 Å². The van der Waals surface area contributed by atoms with Gasteiger partial charge < -0.3 is 5.32 Å². The molecule has 0 spiro atoms. The Balaban J connectivity index is 2.24. The third kappa shape index (κ3) is 2.00. The molecule has 1 aliphatic heterocycles. The molecule has 1 amide bonds. The van der Waals surface area contributed by atoms with Gasteiger partial charge >= 0.3 is 0 Å². The Bertz CT molecular complexity index is 688. The van der Waals surface area contributed by atoms with Gasteiger partial charge in [0.1, 0.15) is 5.82 Å². The highest BCUT2D eigenvalue weighted by molar-refractivity contribution is 6.36. The molecule has 0 bridgehead atoms. The van der Waals surface area contributed by atoms with E-state index in [1.165, 1.54) is 0 Å². The van der Waals surface area contributed by atoms with Crippen LogP contribution in [0.5, 0.6) is 0 Å². The number of nitrogens with one attached hydrogen (secondary N) is 1. The number of nitrogens with zero attached hydrogens (tertiary/aromatic N) is 2. The molecule has 0 fully saturated rings. The fourth-order valence-electron chi connectivity index (χ4n) is 2.80. The molecule has 2 heterocycles. The number of carbonyl (C=O) groups is 1. The van der Waals surface area contributed by atoms with Gasteiger partial charge in [0.15, 0.2) is 0 Å². The van der Waals surface area contributed by atoms with Gasteiger partial charge in [-0.05, 0) is 24.6 Å². The van der Waals surface area contributed by atoms with Gasteiger partial charge in [-0.3, -0.25) is 9.48 Å². The molecule has 0 radical (unpaired) electrons. The lowest BCUT2D eigenvalue weighted by Gasteiger charge is -2.25. The second-order valence-electron chi connectivity index (χ2n) is 4.91. The van der Waals surface area contributed by atoms with Crippen LogP contribution in [-0.4, -0.2) is 15.7 Å². The van der Waals surface area contributed by atoms with Crippen molar-refractivity contribution in [3.63, 3.8) is 0 Å². The average Bonchev–Trinajstić information content (AvgIpc) is 2.64. The number of fused-ring (bicyclic) bond motifs is 1. The lowest BCUT2D eigenvalue weighted by Crippen LogP contribution is -2.25. The molecular formula is C14H13Cl2N3O. The van der Waals surface area contributed by atoms with Crippen molar-refractivity contribution < 1.29 is 4.79 Å². The molecule has 0 saturated heterocycles. The first kappa shape index (κ1) is 13.5. The monoisotopic (exact) mass is 309 g/mol. The van der Waals surface area contributed by atoms with Crippen LogP contribution in [0.15, 0.2) is 18.2 Å². The summed E-state index contributed by atoms with van der Waals surface area (Å²) in [5, 5.41) is 8.39. The van der Waals surface area contributed by atoms with Crippen molar-refractivity contribution in [2.75, 3.05) is 5.32 Å². The Morgan fingerprint density at radius 3 is 2.60 bits per heavy atom. The molecule has 6 heteroatoms. The summed E-state index contributed by atoms with van der Waals surface area (Å²) in [6.07, 6.45) is 0.322. The minimum absolute atomic E-state index is 0.0542. The van der Waals surface area contributed by atoms with E-state index in [0.29, 0.717) is 16.5 Å². The van der Waals surface area contributed by atoms with Crippen molar-refractivity contribution in [3.05, 3.63) is 45.1 Å². The van der Waals surface area contributed by atoms with Crippen LogP contribution in [0.2, 0.25) is 10.0 Å². The lowest BCUT2D eigenvalue weighted by atomic mass is 9.85. The number of halogens is 2. The van der Waals surface area contributed by atoms with Gasteiger partial charge in [-0.25, -0.2) is 0 Å². The van der Waals surface area contributed by atoms with Crippen molar-refractivity contribution in [3.8, 4) is 0 Å². The SMILES string of the molecule is Cc1nn(C)c2c1C(c1c(Cl)cccc1Cl)CC(=O)N2. The molecule has 1 atom stereocenters. The third-order valence-electron chi connectivity index (χ3n) is 3.61. The minimum atomic E-state index is -0.159. The standard InChI is InChI=1S/C14H13Cl2N3O/c1-7-12-8(13-9(15)4-3-5-10(13)16)6-11(20)17-14(12)19(2)18-7/h3-5,8H,6H2,1-2H3,(H,17,20). The van der Waals surface area contributed by atoms with Gasteiger partial charge in [0, 0.05) is 35.0 Å². The second kappa shape index (κ2) is 4.79. The average molecular weight is 310 g/mol. The fraction of sp³-hybridized carbons (Fsp3) is 0.286. The molecule has 3 rings (SSSR count). The molecule has 20 heavy (non-hydrogen) atoms. The normalized spacial score (nSPS) is 17.8. The van der Waals surface area contributed by atoms with Crippen molar-refractivity contribution in [1.29, 1.82) is 0 Å². The lowest BCUT2D eigenvalue weighted by molar-refractivity contribution is -0.116. The number of carbonyl (C=O) groups excluding carboxylic acids is 1. The molecule has 2 aromatic rings. The predicted octanol–water partition coefficient (Wildman–Crippen LogP) is 3.51. The van der Waals surface area contributed by atoms with E-state index >= 15 is 0 Å². The van der Waals surface area contributed by atoms with E-state index < -0.39 is 0 Å². The van der Waals surface area contributed by atoms with Gasteiger partial charge in [0.25, 0.3) is 0 Å². The number of rotatable bonds is 1. The molecule has 0 saturated carbocycles. The van der Waals surface area contributed by atoms with Crippen molar-refractivity contribution in [2.24, 2.45) is 7.05 Å². The number of benzene rings is 1. The smallest absolute Gasteiger partial charge is 0.226 e. The topological polar surface area (TPSA) is 46.9 Å². The summed E-state index contributed by atoms with van der Waals surface area (Å²) >= 11 is 12.6. The predicted molar refractivity (Wildman–Crippen MR) is 79.5 cm³/mol. The maximum absolute atomic E-state index is 12.0. The Morgan fingerprint density at radius 2 is 1.95 bits per heavy atom. The summed E-state index contributed by atoms with van der Waals surface area (Å²) in [5.41, 5.74) is 2.66. The van der Waals surface area contributed by atoms with Crippen molar-refractivity contribution in [1.82, 2.24) is 9.78 Å². The van der Waals surface area contributed by atoms with E-state index in [0.717, 1.165) is 22.6 Å². The van der Waals surface area contributed by atoms with Crippen molar-refractivity contribution in [2.45, 2.75) is 19.3 Å². The Labute approximate surface area is 126 Å². The molecule has 1 unspecified atom stereocenters. The van der Waals surface area contributed by atoms with Crippen molar-refractivity contribution >= 4 is 34.9 Å². The zero-order valence-corrected chi connectivity index (χ0v) is 12.6. The molecular weight excluding hydrogens is 297 g/mol. The van der Waals surface area contributed by atoms with E-state index in [4.69, 9.17) is 23.2 Å². The molecule has 1 aromatic carbocycles. The van der Waals surface area contributed by atoms with E-state index in [-0.39, 0.29) is 11.8 Å². The summed E-state index contributed by atoms with van der Waals surface area (Å²) in [4.78, 5) is 12.0. The van der Waals surface area contributed by atoms with Gasteiger partial charge in [0.2, 0.25) is 5.91 Å². The third-order valence-corrected chi connectivity index (χ3v) is 4.27. The number of aryl methyl sites for hydroxylation is 2. The maximum Gasteiger partial charge on any atom is 0.226 e. The van der Waals surface area contributed by atoms with Gasteiger partial charge in [-0.15, -0.1) is 0 Å². The van der Waals surface area contributed by atoms with Gasteiger partial charge in [-0.1, -0.05) is 29.3 Å². The molecule has 4 nitrogen and oxygen atoms in total. The Morgan fingerprint density at radius 1 is 1.30 bits per heavy atom. The molecule has 0 aliphatic carbocycles. The Kier molecular flexibility index (Phi) is 3.22. The van der Waals surface area contributed by atoms with Gasteiger partial charge in [-0.2, -0.15) is 5.10 Å². The van der Waals surface area contributed by atoms with Crippen LogP contribution in [0.4, 0.5) is 5.82 Å². The number of amides is 1. The van der Waals surface area contributed by atoms with E-state index in [2.05, 4.69) is 10.4 Å². The van der Waals surface area contributed by atoms with E-state index in [9.17, 15) is 4.79 Å². The fourth-order valence-corrected chi connectivity index (χ4v) is 3.46. The summed E-state index contributed by atoms with van der Waals surface area (Å²) < 4.78 is 1.68. The van der Waals surface area contributed by atoms with E-state index in [1.807, 2.05) is 14.0 Å². The molecule has 1 N–H and O–H groups in total. The maximum atomic E-state index is 12.0. The first-order valence-electron chi connectivity index (χ1n) is 6.26. The number of hydrogen-bond acceptors (Lipinski definition) is 2. The molecule has 1 aliphatic rings. The first-order valence-corrected chi connectivity index (χ1v) is 7.02. The minimum Gasteiger partial charge on any atom is -0.311 e. The molecule has 104 valence electrons. The number of hydrogen-bond donors (Lipinski definition) is 1. The zero-order chi connectivity index (χ0) is 14.4. The summed E-state index contributed by atoms with van der Waals surface area (Å²) in [7, 11) is 1.81. The highest BCUT2D eigenvalue weighted by Gasteiger charge is 2.33. The number of aromatic nitrogens is 2. The molecule has 1 aromatic heterocycles. The summed E-state index contributed by atoms with van der Waals surface area (Å²) in [5.74, 6) is 0.509. The number of anilines is 1. The summed E-state index contributed by atoms with van der Waals surface area (Å²) in [6, 6.07) is 5.38. The van der Waals surface area contributed by atoms with Crippen LogP contribution in [0, 0.1) is 6.92 Å². The largest absolute Gasteiger partial charge is 0.311 e. The quantitative estimate of drug-likeness (QED) is 0.876.